The van der Waals surface area contributed by atoms with Gasteiger partial charge in [0.15, 0.2) is 0 Å². The predicted molar refractivity (Wildman–Crippen MR) is 83.3 cm³/mol. The van der Waals surface area contributed by atoms with Gasteiger partial charge in [-0.05, 0) is 18.1 Å². The van der Waals surface area contributed by atoms with E-state index in [-0.39, 0.29) is 18.4 Å². The molecule has 1 aliphatic heterocycles. The van der Waals surface area contributed by atoms with Crippen LogP contribution in [0.4, 0.5) is 13.2 Å². The quantitative estimate of drug-likeness (QED) is 0.909. The predicted octanol–water partition coefficient (Wildman–Crippen LogP) is 1.77. The van der Waals surface area contributed by atoms with Crippen molar-refractivity contribution in [2.45, 2.75) is 31.6 Å². The molecule has 2 aromatic rings. The van der Waals surface area contributed by atoms with Crippen LogP contribution in [0, 0.1) is 0 Å². The molecule has 3 rings (SSSR count). The number of nitrogens with zero attached hydrogens (tertiary/aromatic N) is 4. The van der Waals surface area contributed by atoms with Gasteiger partial charge in [-0.1, -0.05) is 23.4 Å². The molecule has 0 saturated carbocycles. The molecule has 0 spiro atoms. The Labute approximate surface area is 142 Å². The molecule has 2 heterocycles. The molecule has 25 heavy (non-hydrogen) atoms. The first-order valence-electron chi connectivity index (χ1n) is 7.91. The van der Waals surface area contributed by atoms with Crippen LogP contribution < -0.4 is 5.73 Å². The van der Waals surface area contributed by atoms with Crippen LogP contribution in [-0.4, -0.2) is 38.9 Å². The van der Waals surface area contributed by atoms with E-state index in [1.807, 2.05) is 0 Å². The number of halogens is 3. The van der Waals surface area contributed by atoms with Crippen LogP contribution >= 0.6 is 0 Å². The Balaban J connectivity index is 1.63. The second-order valence-electron chi connectivity index (χ2n) is 6.05. The number of amides is 1. The van der Waals surface area contributed by atoms with Crippen LogP contribution in [0.25, 0.3) is 0 Å². The molecule has 0 radical (unpaired) electrons. The minimum atomic E-state index is -4.41. The lowest BCUT2D eigenvalue weighted by atomic mass is 10.1. The molecular weight excluding hydrogens is 335 g/mol. The van der Waals surface area contributed by atoms with Crippen molar-refractivity contribution in [1.82, 2.24) is 19.9 Å². The largest absolute Gasteiger partial charge is 0.416 e. The fraction of sp³-hybridized carbons (Fsp3) is 0.438. The minimum Gasteiger partial charge on any atom is -0.340 e. The summed E-state index contributed by atoms with van der Waals surface area (Å²) in [4.78, 5) is 14.0. The van der Waals surface area contributed by atoms with Crippen LogP contribution in [-0.2, 0) is 23.9 Å². The van der Waals surface area contributed by atoms with Crippen molar-refractivity contribution < 1.29 is 18.0 Å². The smallest absolute Gasteiger partial charge is 0.340 e. The lowest BCUT2D eigenvalue weighted by Crippen LogP contribution is -2.30. The molecule has 6 nitrogen and oxygen atoms in total. The Bertz CT molecular complexity index is 758. The molecule has 0 bridgehead atoms. The number of rotatable bonds is 4. The second-order valence-corrected chi connectivity index (χ2v) is 6.05. The number of benzene rings is 1. The Morgan fingerprint density at radius 2 is 2.16 bits per heavy atom. The van der Waals surface area contributed by atoms with Crippen LogP contribution in [0.2, 0.25) is 0 Å². The van der Waals surface area contributed by atoms with E-state index in [0.29, 0.717) is 30.9 Å². The van der Waals surface area contributed by atoms with Crippen LogP contribution in [0.1, 0.15) is 29.3 Å². The zero-order valence-corrected chi connectivity index (χ0v) is 13.4. The monoisotopic (exact) mass is 353 g/mol. The zero-order chi connectivity index (χ0) is 18.0. The average molecular weight is 353 g/mol. The fourth-order valence-corrected chi connectivity index (χ4v) is 2.91. The number of alkyl halides is 3. The first-order chi connectivity index (χ1) is 11.9. The van der Waals surface area contributed by atoms with Crippen molar-refractivity contribution in [1.29, 1.82) is 0 Å². The normalized spacial score (nSPS) is 17.9. The summed E-state index contributed by atoms with van der Waals surface area (Å²) in [6, 6.07) is 4.89. The van der Waals surface area contributed by atoms with Crippen molar-refractivity contribution >= 4 is 5.91 Å². The van der Waals surface area contributed by atoms with Gasteiger partial charge in [-0.15, -0.1) is 5.10 Å². The number of carbonyl (C=O) groups is 1. The van der Waals surface area contributed by atoms with Gasteiger partial charge in [0.1, 0.15) is 0 Å². The van der Waals surface area contributed by atoms with Gasteiger partial charge in [0.2, 0.25) is 5.91 Å². The molecule has 1 atom stereocenters. The molecule has 1 saturated heterocycles. The van der Waals surface area contributed by atoms with Crippen molar-refractivity contribution in [2.75, 3.05) is 13.1 Å². The fourth-order valence-electron chi connectivity index (χ4n) is 2.91. The summed E-state index contributed by atoms with van der Waals surface area (Å²) in [6.45, 7) is 1.30. The molecule has 1 amide bonds. The van der Waals surface area contributed by atoms with Crippen LogP contribution in [0.15, 0.2) is 30.5 Å². The van der Waals surface area contributed by atoms with Crippen molar-refractivity contribution in [3.05, 3.63) is 47.3 Å². The SMILES string of the molecule is NCc1cn(C2CCN(C(=O)Cc3cccc(C(F)(F)F)c3)C2)nn1. The van der Waals surface area contributed by atoms with Gasteiger partial charge < -0.3 is 10.6 Å². The van der Waals surface area contributed by atoms with Gasteiger partial charge in [0, 0.05) is 19.6 Å². The number of carbonyl (C=O) groups excluding carboxylic acids is 1. The Hall–Kier alpha value is -2.42. The summed E-state index contributed by atoms with van der Waals surface area (Å²) in [5, 5.41) is 7.94. The molecule has 1 aromatic heterocycles. The van der Waals surface area contributed by atoms with E-state index >= 15 is 0 Å². The summed E-state index contributed by atoms with van der Waals surface area (Å²) >= 11 is 0. The molecule has 9 heteroatoms. The first kappa shape index (κ1) is 17.4. The van der Waals surface area contributed by atoms with Gasteiger partial charge >= 0.3 is 6.18 Å². The minimum absolute atomic E-state index is 0.0123. The molecule has 2 N–H and O–H groups in total. The summed E-state index contributed by atoms with van der Waals surface area (Å²) in [5.41, 5.74) is 5.79. The third-order valence-corrected chi connectivity index (χ3v) is 4.27. The van der Waals surface area contributed by atoms with E-state index in [0.717, 1.165) is 18.6 Å². The van der Waals surface area contributed by atoms with Gasteiger partial charge in [-0.2, -0.15) is 13.2 Å². The standard InChI is InChI=1S/C16H18F3N5O/c17-16(18,19)12-3-1-2-11(6-12)7-15(25)23-5-4-14(10-23)24-9-13(8-20)21-22-24/h1-3,6,9,14H,4-5,7-8,10,20H2. The van der Waals surface area contributed by atoms with E-state index in [1.54, 1.807) is 15.8 Å². The maximum atomic E-state index is 12.8. The number of likely N-dealkylation sites (tertiary alicyclic amines) is 1. The number of hydrogen-bond donors (Lipinski definition) is 1. The maximum absolute atomic E-state index is 12.8. The number of aromatic nitrogens is 3. The first-order valence-corrected chi connectivity index (χ1v) is 7.91. The van der Waals surface area contributed by atoms with Crippen LogP contribution in [0.3, 0.4) is 0 Å². The lowest BCUT2D eigenvalue weighted by molar-refractivity contribution is -0.138. The van der Waals surface area contributed by atoms with E-state index in [2.05, 4.69) is 10.3 Å². The summed E-state index contributed by atoms with van der Waals surface area (Å²) in [7, 11) is 0. The van der Waals surface area contributed by atoms with Gasteiger partial charge in [-0.25, -0.2) is 4.68 Å². The highest BCUT2D eigenvalue weighted by Crippen LogP contribution is 2.30. The number of hydrogen-bond acceptors (Lipinski definition) is 4. The van der Waals surface area contributed by atoms with Crippen molar-refractivity contribution in [2.24, 2.45) is 5.73 Å². The third-order valence-electron chi connectivity index (χ3n) is 4.27. The highest BCUT2D eigenvalue weighted by atomic mass is 19.4. The molecule has 1 fully saturated rings. The summed E-state index contributed by atoms with van der Waals surface area (Å²) in [6.07, 6.45) is -1.99. The highest BCUT2D eigenvalue weighted by molar-refractivity contribution is 5.79. The third kappa shape index (κ3) is 3.98. The molecule has 0 aliphatic carbocycles. The molecule has 1 aliphatic rings. The molecule has 1 aromatic carbocycles. The Morgan fingerprint density at radius 1 is 1.36 bits per heavy atom. The van der Waals surface area contributed by atoms with Crippen molar-refractivity contribution in [3.63, 3.8) is 0 Å². The van der Waals surface area contributed by atoms with E-state index < -0.39 is 11.7 Å². The van der Waals surface area contributed by atoms with E-state index in [4.69, 9.17) is 5.73 Å². The molecule has 134 valence electrons. The Kier molecular flexibility index (Phi) is 4.76. The second kappa shape index (κ2) is 6.83. The van der Waals surface area contributed by atoms with Gasteiger partial charge in [0.25, 0.3) is 0 Å². The van der Waals surface area contributed by atoms with Crippen molar-refractivity contribution in [3.8, 4) is 0 Å². The number of nitrogens with two attached hydrogens (primary N) is 1. The Morgan fingerprint density at radius 3 is 2.84 bits per heavy atom. The summed E-state index contributed by atoms with van der Waals surface area (Å²) < 4.78 is 40.0. The summed E-state index contributed by atoms with van der Waals surface area (Å²) in [5.74, 6) is -0.194. The molecular formula is C16H18F3N5O. The molecule has 1 unspecified atom stereocenters. The zero-order valence-electron chi connectivity index (χ0n) is 13.4. The highest BCUT2D eigenvalue weighted by Gasteiger charge is 2.31. The van der Waals surface area contributed by atoms with Gasteiger partial charge in [0.05, 0.1) is 29.9 Å². The van der Waals surface area contributed by atoms with E-state index in [9.17, 15) is 18.0 Å². The topological polar surface area (TPSA) is 77.0 Å². The average Bonchev–Trinajstić information content (AvgIpc) is 3.23. The van der Waals surface area contributed by atoms with E-state index in [1.165, 1.54) is 12.1 Å². The lowest BCUT2D eigenvalue weighted by Gasteiger charge is -2.17. The maximum Gasteiger partial charge on any atom is 0.416 e. The van der Waals surface area contributed by atoms with Gasteiger partial charge in [-0.3, -0.25) is 4.79 Å². The van der Waals surface area contributed by atoms with Crippen LogP contribution in [0.5, 0.6) is 0 Å².